The van der Waals surface area contributed by atoms with Crippen LogP contribution in [0.2, 0.25) is 0 Å². The maximum Gasteiger partial charge on any atom is 0.243 e. The molecule has 0 atom stereocenters. The van der Waals surface area contributed by atoms with Crippen LogP contribution < -0.4 is 5.32 Å². The number of nitrogens with one attached hydrogen (secondary N) is 2. The first kappa shape index (κ1) is 23.0. The predicted octanol–water partition coefficient (Wildman–Crippen LogP) is 4.45. The number of rotatable bonds is 5. The Kier molecular flexibility index (Phi) is 6.42. The molecule has 7 nitrogen and oxygen atoms in total. The molecule has 1 amide bonds. The summed E-state index contributed by atoms with van der Waals surface area (Å²) in [6.07, 6.45) is 8.84. The Hall–Kier alpha value is -2.75. The number of aromatic nitrogens is 2. The molecule has 2 aliphatic rings. The van der Waals surface area contributed by atoms with E-state index >= 15 is 0 Å². The number of anilines is 1. The number of nitrogens with zero attached hydrogens (tertiary/aromatic N) is 2. The highest BCUT2D eigenvalue weighted by Gasteiger charge is 2.32. The summed E-state index contributed by atoms with van der Waals surface area (Å²) < 4.78 is 30.4. The normalized spacial score (nSPS) is 17.3. The molecule has 2 N–H and O–H groups in total. The summed E-state index contributed by atoms with van der Waals surface area (Å²) in [7, 11) is -3.55. The van der Waals surface area contributed by atoms with Crippen LogP contribution in [0.3, 0.4) is 0 Å². The fourth-order valence-corrected chi connectivity index (χ4v) is 6.63. The Morgan fingerprint density at radius 2 is 1.79 bits per heavy atom. The van der Waals surface area contributed by atoms with Gasteiger partial charge in [-0.1, -0.05) is 12.1 Å². The van der Waals surface area contributed by atoms with Crippen LogP contribution >= 0.6 is 12.2 Å². The van der Waals surface area contributed by atoms with Gasteiger partial charge in [0.05, 0.1) is 4.90 Å². The monoisotopic (exact) mass is 496 g/mol. The molecule has 0 spiro atoms. The third-order valence-electron chi connectivity index (χ3n) is 6.82. The number of carbonyl (C=O) groups is 1. The van der Waals surface area contributed by atoms with Gasteiger partial charge >= 0.3 is 0 Å². The van der Waals surface area contributed by atoms with Gasteiger partial charge in [-0.3, -0.25) is 9.36 Å². The number of aryl methyl sites for hydroxylation is 2. The van der Waals surface area contributed by atoms with Crippen molar-refractivity contribution in [3.05, 3.63) is 70.8 Å². The number of carbonyl (C=O) groups excluding carboxylic acids is 1. The van der Waals surface area contributed by atoms with Crippen molar-refractivity contribution in [2.45, 2.75) is 43.4 Å². The Labute approximate surface area is 204 Å². The average Bonchev–Trinajstić information content (AvgIpc) is 3.30. The number of sulfonamides is 1. The van der Waals surface area contributed by atoms with Crippen LogP contribution in [0.1, 0.15) is 36.8 Å². The van der Waals surface area contributed by atoms with Crippen molar-refractivity contribution < 1.29 is 13.2 Å². The highest BCUT2D eigenvalue weighted by Crippen LogP contribution is 2.29. The molecule has 2 heterocycles. The largest absolute Gasteiger partial charge is 0.337 e. The SMILES string of the molecule is O=C(Nc1cccc(-n2cc[nH]c2=S)c1)C1CCN(S(=O)(=O)c2ccc3c(c2)CCCC3)CC1. The molecule has 1 fully saturated rings. The number of fused-ring (bicyclic) bond motifs is 1. The Morgan fingerprint density at radius 1 is 1.03 bits per heavy atom. The molecule has 1 saturated heterocycles. The maximum atomic E-state index is 13.2. The molecule has 178 valence electrons. The number of hydrogen-bond donors (Lipinski definition) is 2. The van der Waals surface area contributed by atoms with Crippen LogP contribution in [0.15, 0.2) is 59.8 Å². The quantitative estimate of drug-likeness (QED) is 0.511. The molecule has 1 aliphatic carbocycles. The van der Waals surface area contributed by atoms with E-state index in [1.165, 1.54) is 16.3 Å². The van der Waals surface area contributed by atoms with Gasteiger partial charge < -0.3 is 10.3 Å². The Bertz CT molecular complexity index is 1370. The van der Waals surface area contributed by atoms with Crippen molar-refractivity contribution in [1.29, 1.82) is 0 Å². The van der Waals surface area contributed by atoms with Crippen LogP contribution in [0.5, 0.6) is 0 Å². The highest BCUT2D eigenvalue weighted by molar-refractivity contribution is 7.89. The van der Waals surface area contributed by atoms with E-state index in [-0.39, 0.29) is 11.8 Å². The van der Waals surface area contributed by atoms with E-state index < -0.39 is 10.0 Å². The lowest BCUT2D eigenvalue weighted by Gasteiger charge is -2.31. The molecular weight excluding hydrogens is 468 g/mol. The molecule has 0 radical (unpaired) electrons. The van der Waals surface area contributed by atoms with Gasteiger partial charge in [-0.15, -0.1) is 0 Å². The van der Waals surface area contributed by atoms with Gasteiger partial charge in [0.2, 0.25) is 15.9 Å². The number of amides is 1. The molecule has 1 aliphatic heterocycles. The molecular formula is C25H28N4O3S2. The number of hydrogen-bond acceptors (Lipinski definition) is 4. The fraction of sp³-hybridized carbons (Fsp3) is 0.360. The Balaban J connectivity index is 1.23. The molecule has 0 saturated carbocycles. The fourth-order valence-electron chi connectivity index (χ4n) is 4.88. The predicted molar refractivity (Wildman–Crippen MR) is 134 cm³/mol. The van der Waals surface area contributed by atoms with Crippen molar-refractivity contribution in [1.82, 2.24) is 13.9 Å². The molecule has 0 bridgehead atoms. The second kappa shape index (κ2) is 9.48. The third-order valence-corrected chi connectivity index (χ3v) is 9.03. The summed E-state index contributed by atoms with van der Waals surface area (Å²) >= 11 is 5.27. The second-order valence-electron chi connectivity index (χ2n) is 8.99. The lowest BCUT2D eigenvalue weighted by molar-refractivity contribution is -0.120. The van der Waals surface area contributed by atoms with E-state index in [9.17, 15) is 13.2 Å². The minimum Gasteiger partial charge on any atom is -0.337 e. The first-order valence-electron chi connectivity index (χ1n) is 11.7. The van der Waals surface area contributed by atoms with E-state index in [0.717, 1.165) is 30.5 Å². The van der Waals surface area contributed by atoms with Crippen LogP contribution in [0.4, 0.5) is 5.69 Å². The average molecular weight is 497 g/mol. The van der Waals surface area contributed by atoms with Crippen LogP contribution in [0, 0.1) is 10.7 Å². The molecule has 2 aromatic carbocycles. The lowest BCUT2D eigenvalue weighted by Crippen LogP contribution is -2.41. The van der Waals surface area contributed by atoms with Gasteiger partial charge in [0.25, 0.3) is 0 Å². The van der Waals surface area contributed by atoms with Crippen molar-refractivity contribution in [2.75, 3.05) is 18.4 Å². The number of H-pyrrole nitrogens is 1. The third kappa shape index (κ3) is 4.60. The summed E-state index contributed by atoms with van der Waals surface area (Å²) in [5.41, 5.74) is 3.97. The van der Waals surface area contributed by atoms with Crippen molar-refractivity contribution >= 4 is 33.8 Å². The summed E-state index contributed by atoms with van der Waals surface area (Å²) in [5, 5.41) is 2.99. The van der Waals surface area contributed by atoms with Crippen LogP contribution in [-0.2, 0) is 27.7 Å². The molecule has 1 aromatic heterocycles. The van der Waals surface area contributed by atoms with E-state index in [2.05, 4.69) is 10.3 Å². The van der Waals surface area contributed by atoms with E-state index in [0.29, 0.717) is 41.3 Å². The smallest absolute Gasteiger partial charge is 0.243 e. The number of piperidine rings is 1. The van der Waals surface area contributed by atoms with Crippen molar-refractivity contribution in [3.63, 3.8) is 0 Å². The summed E-state index contributed by atoms with van der Waals surface area (Å²) in [6.45, 7) is 0.687. The van der Waals surface area contributed by atoms with E-state index in [1.54, 1.807) is 12.3 Å². The van der Waals surface area contributed by atoms with Crippen LogP contribution in [0.25, 0.3) is 5.69 Å². The number of imidazole rings is 1. The molecule has 0 unspecified atom stereocenters. The minimum absolute atomic E-state index is 0.0827. The standard InChI is InChI=1S/C25H28N4O3S2/c30-24(27-21-6-3-7-22(17-21)29-15-12-26-25(29)33)19-10-13-28(14-11-19)34(31,32)23-9-8-18-4-1-2-5-20(18)16-23/h3,6-9,12,15-17,19H,1-2,4-5,10-11,13-14H2,(H,26,33)(H,27,30). The highest BCUT2D eigenvalue weighted by atomic mass is 32.2. The van der Waals surface area contributed by atoms with Crippen LogP contribution in [-0.4, -0.2) is 41.3 Å². The van der Waals surface area contributed by atoms with Gasteiger partial charge in [-0.25, -0.2) is 8.42 Å². The topological polar surface area (TPSA) is 87.2 Å². The van der Waals surface area contributed by atoms with E-state index in [4.69, 9.17) is 12.2 Å². The van der Waals surface area contributed by atoms with Gasteiger partial charge in [0.1, 0.15) is 0 Å². The number of aromatic amines is 1. The zero-order valence-corrected chi connectivity index (χ0v) is 20.5. The van der Waals surface area contributed by atoms with E-state index in [1.807, 2.05) is 47.2 Å². The molecule has 34 heavy (non-hydrogen) atoms. The lowest BCUT2D eigenvalue weighted by atomic mass is 9.92. The second-order valence-corrected chi connectivity index (χ2v) is 11.3. The molecule has 5 rings (SSSR count). The van der Waals surface area contributed by atoms with Crippen molar-refractivity contribution in [3.8, 4) is 5.69 Å². The molecule has 9 heteroatoms. The van der Waals surface area contributed by atoms with Crippen molar-refractivity contribution in [2.24, 2.45) is 5.92 Å². The first-order valence-corrected chi connectivity index (χ1v) is 13.6. The zero-order valence-electron chi connectivity index (χ0n) is 18.9. The molecule has 3 aromatic rings. The summed E-state index contributed by atoms with van der Waals surface area (Å²) in [4.78, 5) is 16.2. The minimum atomic E-state index is -3.55. The maximum absolute atomic E-state index is 13.2. The number of benzene rings is 2. The van der Waals surface area contributed by atoms with Gasteiger partial charge in [-0.2, -0.15) is 4.31 Å². The summed E-state index contributed by atoms with van der Waals surface area (Å²) in [6, 6.07) is 13.1. The Morgan fingerprint density at radius 3 is 2.53 bits per heavy atom. The summed E-state index contributed by atoms with van der Waals surface area (Å²) in [5.74, 6) is -0.311. The van der Waals surface area contributed by atoms with Gasteiger partial charge in [0, 0.05) is 42.8 Å². The van der Waals surface area contributed by atoms with Gasteiger partial charge in [0.15, 0.2) is 4.77 Å². The first-order chi connectivity index (χ1) is 16.4. The zero-order chi connectivity index (χ0) is 23.7. The van der Waals surface area contributed by atoms with Gasteiger partial charge in [-0.05, 0) is 92.2 Å².